The van der Waals surface area contributed by atoms with Crippen LogP contribution in [0.2, 0.25) is 0 Å². The molecule has 112 valence electrons. The molecule has 0 bridgehead atoms. The fourth-order valence-electron chi connectivity index (χ4n) is 3.91. The average molecular weight is 266 g/mol. The van der Waals surface area contributed by atoms with Gasteiger partial charge in [0.15, 0.2) is 0 Å². The molecule has 2 heterocycles. The molecular formula is C17H34N2. The van der Waals surface area contributed by atoms with Crippen LogP contribution in [0.1, 0.15) is 53.9 Å². The first-order chi connectivity index (χ1) is 8.79. The van der Waals surface area contributed by atoms with E-state index in [9.17, 15) is 0 Å². The summed E-state index contributed by atoms with van der Waals surface area (Å²) in [7, 11) is 0. The van der Waals surface area contributed by atoms with Crippen LogP contribution >= 0.6 is 0 Å². The van der Waals surface area contributed by atoms with Crippen molar-refractivity contribution in [2.24, 2.45) is 22.7 Å². The first-order valence-electron chi connectivity index (χ1n) is 8.22. The fourth-order valence-corrected chi connectivity index (χ4v) is 3.91. The first-order valence-corrected chi connectivity index (χ1v) is 8.22. The zero-order valence-corrected chi connectivity index (χ0v) is 13.8. The van der Waals surface area contributed by atoms with Gasteiger partial charge in [-0.05, 0) is 61.6 Å². The molecular weight excluding hydrogens is 232 g/mol. The van der Waals surface area contributed by atoms with E-state index in [-0.39, 0.29) is 0 Å². The van der Waals surface area contributed by atoms with E-state index in [1.807, 2.05) is 0 Å². The molecule has 0 amide bonds. The lowest BCUT2D eigenvalue weighted by atomic mass is 9.74. The predicted octanol–water partition coefficient (Wildman–Crippen LogP) is 3.38. The molecule has 2 aliphatic heterocycles. The largest absolute Gasteiger partial charge is 0.316 e. The molecule has 2 nitrogen and oxygen atoms in total. The molecule has 2 aliphatic rings. The van der Waals surface area contributed by atoms with E-state index in [2.05, 4.69) is 44.8 Å². The van der Waals surface area contributed by atoms with Gasteiger partial charge < -0.3 is 10.2 Å². The molecule has 19 heavy (non-hydrogen) atoms. The molecule has 1 N–H and O–H groups in total. The summed E-state index contributed by atoms with van der Waals surface area (Å²) in [5.41, 5.74) is 0.936. The van der Waals surface area contributed by atoms with Crippen molar-refractivity contribution in [3.05, 3.63) is 0 Å². The maximum atomic E-state index is 3.58. The van der Waals surface area contributed by atoms with Gasteiger partial charge in [0.1, 0.15) is 0 Å². The van der Waals surface area contributed by atoms with E-state index in [1.54, 1.807) is 0 Å². The van der Waals surface area contributed by atoms with Crippen molar-refractivity contribution >= 4 is 0 Å². The standard InChI is InChI=1S/C17H34N2/c1-16(2,3)15-8-10-19(12-15)13-17(4,5)14-7-6-9-18-11-14/h14-15,18H,6-13H2,1-5H3. The van der Waals surface area contributed by atoms with E-state index in [1.165, 1.54) is 52.0 Å². The van der Waals surface area contributed by atoms with Crippen LogP contribution in [0.15, 0.2) is 0 Å². The number of nitrogens with one attached hydrogen (secondary N) is 1. The van der Waals surface area contributed by atoms with Crippen LogP contribution in [0, 0.1) is 22.7 Å². The van der Waals surface area contributed by atoms with Crippen LogP contribution in [0.5, 0.6) is 0 Å². The van der Waals surface area contributed by atoms with Crippen molar-refractivity contribution in [2.75, 3.05) is 32.7 Å². The van der Waals surface area contributed by atoms with Crippen LogP contribution in [0.3, 0.4) is 0 Å². The lowest BCUT2D eigenvalue weighted by Crippen LogP contribution is -2.44. The molecule has 2 fully saturated rings. The van der Waals surface area contributed by atoms with E-state index < -0.39 is 0 Å². The van der Waals surface area contributed by atoms with Gasteiger partial charge in [0.25, 0.3) is 0 Å². The number of nitrogens with zero attached hydrogens (tertiary/aromatic N) is 1. The minimum Gasteiger partial charge on any atom is -0.316 e. The molecule has 0 spiro atoms. The number of piperidine rings is 1. The minimum absolute atomic E-state index is 0.459. The van der Waals surface area contributed by atoms with Crippen LogP contribution in [0.4, 0.5) is 0 Å². The van der Waals surface area contributed by atoms with Crippen LogP contribution in [-0.4, -0.2) is 37.6 Å². The van der Waals surface area contributed by atoms with Gasteiger partial charge in [-0.25, -0.2) is 0 Å². The summed E-state index contributed by atoms with van der Waals surface area (Å²) < 4.78 is 0. The summed E-state index contributed by atoms with van der Waals surface area (Å²) in [5.74, 6) is 1.74. The van der Waals surface area contributed by atoms with E-state index >= 15 is 0 Å². The molecule has 0 aliphatic carbocycles. The number of rotatable bonds is 3. The molecule has 0 radical (unpaired) electrons. The quantitative estimate of drug-likeness (QED) is 0.842. The zero-order valence-electron chi connectivity index (χ0n) is 13.8. The Morgan fingerprint density at radius 3 is 2.32 bits per heavy atom. The number of hydrogen-bond acceptors (Lipinski definition) is 2. The zero-order chi connectivity index (χ0) is 14.1. The Hall–Kier alpha value is -0.0800. The Kier molecular flexibility index (Phi) is 4.62. The maximum absolute atomic E-state index is 3.58. The Morgan fingerprint density at radius 2 is 1.79 bits per heavy atom. The van der Waals surface area contributed by atoms with Gasteiger partial charge in [0.2, 0.25) is 0 Å². The predicted molar refractivity (Wildman–Crippen MR) is 83.4 cm³/mol. The monoisotopic (exact) mass is 266 g/mol. The summed E-state index contributed by atoms with van der Waals surface area (Å²) in [4.78, 5) is 2.73. The minimum atomic E-state index is 0.459. The lowest BCUT2D eigenvalue weighted by molar-refractivity contribution is 0.107. The summed E-state index contributed by atoms with van der Waals surface area (Å²) in [6.45, 7) is 18.5. The second kappa shape index (κ2) is 5.73. The summed E-state index contributed by atoms with van der Waals surface area (Å²) in [5, 5.41) is 3.58. The summed E-state index contributed by atoms with van der Waals surface area (Å²) in [6.07, 6.45) is 4.16. The summed E-state index contributed by atoms with van der Waals surface area (Å²) in [6, 6.07) is 0. The van der Waals surface area contributed by atoms with Crippen molar-refractivity contribution in [2.45, 2.75) is 53.9 Å². The third-order valence-corrected chi connectivity index (χ3v) is 5.53. The third kappa shape index (κ3) is 3.95. The van der Waals surface area contributed by atoms with Crippen molar-refractivity contribution in [3.63, 3.8) is 0 Å². The van der Waals surface area contributed by atoms with E-state index in [0.29, 0.717) is 10.8 Å². The van der Waals surface area contributed by atoms with Crippen molar-refractivity contribution in [1.29, 1.82) is 0 Å². The van der Waals surface area contributed by atoms with Crippen LogP contribution < -0.4 is 5.32 Å². The molecule has 2 atom stereocenters. The normalized spacial score (nSPS) is 30.8. The van der Waals surface area contributed by atoms with Gasteiger partial charge in [0.05, 0.1) is 0 Å². The highest BCUT2D eigenvalue weighted by molar-refractivity contribution is 4.90. The molecule has 0 aromatic carbocycles. The average Bonchev–Trinajstić information content (AvgIpc) is 2.78. The topological polar surface area (TPSA) is 15.3 Å². The van der Waals surface area contributed by atoms with Gasteiger partial charge in [-0.3, -0.25) is 0 Å². The highest BCUT2D eigenvalue weighted by Gasteiger charge is 2.37. The van der Waals surface area contributed by atoms with Crippen LogP contribution in [-0.2, 0) is 0 Å². The van der Waals surface area contributed by atoms with Crippen molar-refractivity contribution < 1.29 is 0 Å². The first kappa shape index (κ1) is 15.3. The highest BCUT2D eigenvalue weighted by Crippen LogP contribution is 2.37. The highest BCUT2D eigenvalue weighted by atomic mass is 15.2. The Balaban J connectivity index is 1.87. The molecule has 2 rings (SSSR count). The fraction of sp³-hybridized carbons (Fsp3) is 1.00. The maximum Gasteiger partial charge on any atom is 0.00359 e. The van der Waals surface area contributed by atoms with Gasteiger partial charge in [-0.1, -0.05) is 34.6 Å². The number of likely N-dealkylation sites (tertiary alicyclic amines) is 1. The van der Waals surface area contributed by atoms with Crippen molar-refractivity contribution in [3.8, 4) is 0 Å². The molecule has 0 aromatic rings. The molecule has 0 saturated carbocycles. The second-order valence-electron chi connectivity index (χ2n) is 8.62. The molecule has 0 aromatic heterocycles. The van der Waals surface area contributed by atoms with E-state index in [4.69, 9.17) is 0 Å². The SMILES string of the molecule is CC(C)(C)C1CCN(CC(C)(C)C2CCCNC2)C1. The summed E-state index contributed by atoms with van der Waals surface area (Å²) >= 11 is 0. The van der Waals surface area contributed by atoms with Gasteiger partial charge in [-0.15, -0.1) is 0 Å². The smallest absolute Gasteiger partial charge is 0.00359 e. The Bertz CT molecular complexity index is 284. The third-order valence-electron chi connectivity index (χ3n) is 5.53. The Morgan fingerprint density at radius 1 is 1.05 bits per heavy atom. The molecule has 2 heteroatoms. The van der Waals surface area contributed by atoms with Gasteiger partial charge >= 0.3 is 0 Å². The van der Waals surface area contributed by atoms with Gasteiger partial charge in [-0.2, -0.15) is 0 Å². The van der Waals surface area contributed by atoms with Crippen molar-refractivity contribution in [1.82, 2.24) is 10.2 Å². The number of hydrogen-bond donors (Lipinski definition) is 1. The van der Waals surface area contributed by atoms with Crippen LogP contribution in [0.25, 0.3) is 0 Å². The second-order valence-corrected chi connectivity index (χ2v) is 8.62. The molecule has 2 unspecified atom stereocenters. The molecule has 2 saturated heterocycles. The lowest BCUT2D eigenvalue weighted by Gasteiger charge is -2.40. The Labute approximate surface area is 120 Å². The van der Waals surface area contributed by atoms with E-state index in [0.717, 1.165) is 11.8 Å². The van der Waals surface area contributed by atoms with Gasteiger partial charge in [0, 0.05) is 13.1 Å².